The number of amides is 1. The molecule has 1 aromatic rings. The summed E-state index contributed by atoms with van der Waals surface area (Å²) in [4.78, 5) is 15.0. The van der Waals surface area contributed by atoms with Gasteiger partial charge in [0.1, 0.15) is 0 Å². The van der Waals surface area contributed by atoms with Crippen LogP contribution >= 0.6 is 15.9 Å². The lowest BCUT2D eigenvalue weighted by Crippen LogP contribution is -2.08. The van der Waals surface area contributed by atoms with E-state index >= 15 is 0 Å². The summed E-state index contributed by atoms with van der Waals surface area (Å²) in [5.74, 6) is 0.392. The van der Waals surface area contributed by atoms with Crippen molar-refractivity contribution in [2.24, 2.45) is 0 Å². The van der Waals surface area contributed by atoms with Crippen LogP contribution in [0.3, 0.4) is 0 Å². The van der Waals surface area contributed by atoms with E-state index in [4.69, 9.17) is 4.74 Å². The molecule has 1 rings (SSSR count). The van der Waals surface area contributed by atoms with Crippen LogP contribution in [0.2, 0.25) is 0 Å². The number of halogens is 1. The second-order valence-electron chi connectivity index (χ2n) is 2.79. The highest BCUT2D eigenvalue weighted by Gasteiger charge is 2.08. The number of hydrogen-bond donors (Lipinski definition) is 1. The minimum absolute atomic E-state index is 0.119. The standard InChI is InChI=1S/C9H11BrN2O2/c1-5-8(12-6(2)13)4-7(10)9(11-5)14-3/h4H,1-3H3,(H,12,13). The van der Waals surface area contributed by atoms with Crippen LogP contribution in [0, 0.1) is 6.92 Å². The number of hydrogen-bond acceptors (Lipinski definition) is 3. The number of carbonyl (C=O) groups is 1. The van der Waals surface area contributed by atoms with E-state index in [1.54, 1.807) is 20.1 Å². The van der Waals surface area contributed by atoms with Gasteiger partial charge in [0.05, 0.1) is 23.0 Å². The highest BCUT2D eigenvalue weighted by molar-refractivity contribution is 9.10. The average Bonchev–Trinajstić information content (AvgIpc) is 2.10. The Balaban J connectivity index is 3.08. The quantitative estimate of drug-likeness (QED) is 0.885. The first-order valence-corrected chi connectivity index (χ1v) is 4.82. The van der Waals surface area contributed by atoms with Gasteiger partial charge in [-0.1, -0.05) is 0 Å². The molecule has 0 spiro atoms. The van der Waals surface area contributed by atoms with Crippen molar-refractivity contribution in [3.8, 4) is 5.88 Å². The third-order valence-corrected chi connectivity index (χ3v) is 2.21. The van der Waals surface area contributed by atoms with Crippen molar-refractivity contribution in [1.29, 1.82) is 0 Å². The molecule has 0 saturated heterocycles. The molecule has 0 atom stereocenters. The lowest BCUT2D eigenvalue weighted by Gasteiger charge is -2.09. The van der Waals surface area contributed by atoms with Gasteiger partial charge in [0.25, 0.3) is 0 Å². The Bertz CT molecular complexity index is 366. The lowest BCUT2D eigenvalue weighted by atomic mass is 10.3. The van der Waals surface area contributed by atoms with Gasteiger partial charge in [-0.05, 0) is 28.9 Å². The van der Waals surface area contributed by atoms with Crippen LogP contribution < -0.4 is 10.1 Å². The van der Waals surface area contributed by atoms with Gasteiger partial charge < -0.3 is 10.1 Å². The van der Waals surface area contributed by atoms with Gasteiger partial charge in [0.2, 0.25) is 11.8 Å². The molecule has 0 radical (unpaired) electrons. The minimum atomic E-state index is -0.119. The van der Waals surface area contributed by atoms with E-state index in [-0.39, 0.29) is 5.91 Å². The zero-order valence-corrected chi connectivity index (χ0v) is 9.81. The molecule has 0 aliphatic heterocycles. The van der Waals surface area contributed by atoms with E-state index in [9.17, 15) is 4.79 Å². The molecule has 1 N–H and O–H groups in total. The van der Waals surface area contributed by atoms with Crippen molar-refractivity contribution in [2.45, 2.75) is 13.8 Å². The molecule has 14 heavy (non-hydrogen) atoms. The van der Waals surface area contributed by atoms with Crippen molar-refractivity contribution >= 4 is 27.5 Å². The van der Waals surface area contributed by atoms with Crippen molar-refractivity contribution in [3.05, 3.63) is 16.2 Å². The number of aryl methyl sites for hydroxylation is 1. The molecule has 0 fully saturated rings. The molecule has 0 aliphatic rings. The Morgan fingerprint density at radius 2 is 2.29 bits per heavy atom. The van der Waals surface area contributed by atoms with Crippen LogP contribution in [0.5, 0.6) is 5.88 Å². The fourth-order valence-electron chi connectivity index (χ4n) is 1.02. The second-order valence-corrected chi connectivity index (χ2v) is 3.65. The molecule has 76 valence electrons. The third kappa shape index (κ3) is 2.45. The number of rotatable bonds is 2. The van der Waals surface area contributed by atoms with Crippen LogP contribution in [0.25, 0.3) is 0 Å². The number of aromatic nitrogens is 1. The van der Waals surface area contributed by atoms with Gasteiger partial charge in [-0.2, -0.15) is 0 Å². The van der Waals surface area contributed by atoms with E-state index in [2.05, 4.69) is 26.2 Å². The summed E-state index contributed by atoms with van der Waals surface area (Å²) in [7, 11) is 1.55. The molecular weight excluding hydrogens is 248 g/mol. The molecular formula is C9H11BrN2O2. The number of nitrogens with one attached hydrogen (secondary N) is 1. The molecule has 4 nitrogen and oxygen atoms in total. The SMILES string of the molecule is COc1nc(C)c(NC(C)=O)cc1Br. The number of ether oxygens (including phenoxy) is 1. The number of methoxy groups -OCH3 is 1. The maximum absolute atomic E-state index is 10.8. The normalized spacial score (nSPS) is 9.71. The van der Waals surface area contributed by atoms with Gasteiger partial charge in [-0.15, -0.1) is 0 Å². The summed E-state index contributed by atoms with van der Waals surface area (Å²) in [6.07, 6.45) is 0. The zero-order chi connectivity index (χ0) is 10.7. The number of pyridine rings is 1. The van der Waals surface area contributed by atoms with Crippen molar-refractivity contribution < 1.29 is 9.53 Å². The maximum atomic E-state index is 10.8. The van der Waals surface area contributed by atoms with E-state index < -0.39 is 0 Å². The first-order chi connectivity index (χ1) is 6.54. The van der Waals surface area contributed by atoms with E-state index in [0.717, 1.165) is 5.69 Å². The van der Waals surface area contributed by atoms with Gasteiger partial charge in [-0.3, -0.25) is 4.79 Å². The van der Waals surface area contributed by atoms with E-state index in [1.165, 1.54) is 6.92 Å². The molecule has 5 heteroatoms. The van der Waals surface area contributed by atoms with Gasteiger partial charge >= 0.3 is 0 Å². The summed E-state index contributed by atoms with van der Waals surface area (Å²) in [5.41, 5.74) is 1.41. The first-order valence-electron chi connectivity index (χ1n) is 4.03. The second kappa shape index (κ2) is 4.41. The van der Waals surface area contributed by atoms with Crippen molar-refractivity contribution in [3.63, 3.8) is 0 Å². The number of carbonyl (C=O) groups excluding carboxylic acids is 1. The summed E-state index contributed by atoms with van der Waals surface area (Å²) >= 11 is 3.29. The molecule has 0 aliphatic carbocycles. The van der Waals surface area contributed by atoms with Crippen molar-refractivity contribution in [2.75, 3.05) is 12.4 Å². The first kappa shape index (κ1) is 11.0. The summed E-state index contributed by atoms with van der Waals surface area (Å²) < 4.78 is 5.73. The summed E-state index contributed by atoms with van der Waals surface area (Å²) in [5, 5.41) is 2.68. The lowest BCUT2D eigenvalue weighted by molar-refractivity contribution is -0.114. The predicted molar refractivity (Wildman–Crippen MR) is 57.5 cm³/mol. The zero-order valence-electron chi connectivity index (χ0n) is 8.22. The Hall–Kier alpha value is -1.10. The van der Waals surface area contributed by atoms with Crippen LogP contribution in [0.1, 0.15) is 12.6 Å². The molecule has 0 saturated carbocycles. The molecule has 1 amide bonds. The Morgan fingerprint density at radius 1 is 1.64 bits per heavy atom. The Kier molecular flexibility index (Phi) is 3.46. The number of nitrogens with zero attached hydrogens (tertiary/aromatic N) is 1. The van der Waals surface area contributed by atoms with Crippen LogP contribution in [-0.2, 0) is 4.79 Å². The fraction of sp³-hybridized carbons (Fsp3) is 0.333. The topological polar surface area (TPSA) is 51.2 Å². The molecule has 0 bridgehead atoms. The molecule has 0 unspecified atom stereocenters. The monoisotopic (exact) mass is 258 g/mol. The fourth-order valence-corrected chi connectivity index (χ4v) is 1.50. The Labute approximate surface area is 90.8 Å². The highest BCUT2D eigenvalue weighted by atomic mass is 79.9. The average molecular weight is 259 g/mol. The molecule has 0 aromatic carbocycles. The van der Waals surface area contributed by atoms with Gasteiger partial charge in [-0.25, -0.2) is 4.98 Å². The third-order valence-electron chi connectivity index (χ3n) is 1.64. The molecule has 1 heterocycles. The van der Waals surface area contributed by atoms with E-state index in [0.29, 0.717) is 16.0 Å². The number of anilines is 1. The smallest absolute Gasteiger partial charge is 0.228 e. The summed E-state index contributed by atoms with van der Waals surface area (Å²) in [6, 6.07) is 1.77. The Morgan fingerprint density at radius 3 is 2.79 bits per heavy atom. The van der Waals surface area contributed by atoms with E-state index in [1.807, 2.05) is 0 Å². The molecule has 1 aromatic heterocycles. The van der Waals surface area contributed by atoms with Crippen LogP contribution in [0.4, 0.5) is 5.69 Å². The van der Waals surface area contributed by atoms with Gasteiger partial charge in [0.15, 0.2) is 0 Å². The summed E-state index contributed by atoms with van der Waals surface area (Å²) in [6.45, 7) is 3.26. The maximum Gasteiger partial charge on any atom is 0.228 e. The largest absolute Gasteiger partial charge is 0.480 e. The van der Waals surface area contributed by atoms with Crippen molar-refractivity contribution in [1.82, 2.24) is 4.98 Å². The van der Waals surface area contributed by atoms with Crippen LogP contribution in [0.15, 0.2) is 10.5 Å². The van der Waals surface area contributed by atoms with Gasteiger partial charge in [0, 0.05) is 6.92 Å². The predicted octanol–water partition coefficient (Wildman–Crippen LogP) is 2.12. The minimum Gasteiger partial charge on any atom is -0.480 e. The highest BCUT2D eigenvalue weighted by Crippen LogP contribution is 2.27. The van der Waals surface area contributed by atoms with Crippen LogP contribution in [-0.4, -0.2) is 18.0 Å².